The van der Waals surface area contributed by atoms with Gasteiger partial charge in [-0.15, -0.1) is 12.4 Å². The quantitative estimate of drug-likeness (QED) is 0.805. The number of rotatable bonds is 3. The van der Waals surface area contributed by atoms with Gasteiger partial charge in [-0.05, 0) is 38.6 Å². The van der Waals surface area contributed by atoms with Crippen molar-refractivity contribution in [2.75, 3.05) is 19.8 Å². The van der Waals surface area contributed by atoms with Crippen molar-refractivity contribution in [2.45, 2.75) is 50.6 Å². The second-order valence-electron chi connectivity index (χ2n) is 4.83. The summed E-state index contributed by atoms with van der Waals surface area (Å²) in [5, 5.41) is 6.54. The van der Waals surface area contributed by atoms with E-state index in [0.29, 0.717) is 6.04 Å². The van der Waals surface area contributed by atoms with Crippen LogP contribution >= 0.6 is 12.4 Å². The SMILES string of the molecule is CCC1(C(=O)NC2CCOCC2)CCCN1.Cl. The third kappa shape index (κ3) is 3.33. The molecule has 17 heavy (non-hydrogen) atoms. The molecule has 0 saturated carbocycles. The summed E-state index contributed by atoms with van der Waals surface area (Å²) in [4.78, 5) is 12.3. The highest BCUT2D eigenvalue weighted by molar-refractivity contribution is 5.86. The van der Waals surface area contributed by atoms with Crippen LogP contribution in [0, 0.1) is 0 Å². The smallest absolute Gasteiger partial charge is 0.240 e. The van der Waals surface area contributed by atoms with Gasteiger partial charge in [0.2, 0.25) is 5.91 Å². The molecule has 0 aromatic rings. The first-order valence-electron chi connectivity index (χ1n) is 6.40. The molecule has 4 nitrogen and oxygen atoms in total. The van der Waals surface area contributed by atoms with Crippen molar-refractivity contribution >= 4 is 18.3 Å². The van der Waals surface area contributed by atoms with Gasteiger partial charge in [0, 0.05) is 19.3 Å². The molecule has 1 unspecified atom stereocenters. The van der Waals surface area contributed by atoms with Crippen LogP contribution in [-0.2, 0) is 9.53 Å². The first kappa shape index (κ1) is 14.7. The summed E-state index contributed by atoms with van der Waals surface area (Å²) in [5.74, 6) is 0.194. The van der Waals surface area contributed by atoms with E-state index in [1.54, 1.807) is 0 Å². The van der Waals surface area contributed by atoms with Crippen molar-refractivity contribution in [3.63, 3.8) is 0 Å². The van der Waals surface area contributed by atoms with E-state index < -0.39 is 0 Å². The Morgan fingerprint density at radius 3 is 2.71 bits per heavy atom. The normalized spacial score (nSPS) is 29.7. The molecule has 1 amide bonds. The van der Waals surface area contributed by atoms with Gasteiger partial charge in [0.1, 0.15) is 0 Å². The largest absolute Gasteiger partial charge is 0.381 e. The lowest BCUT2D eigenvalue weighted by atomic mass is 9.92. The van der Waals surface area contributed by atoms with Gasteiger partial charge in [0.15, 0.2) is 0 Å². The van der Waals surface area contributed by atoms with E-state index in [-0.39, 0.29) is 23.9 Å². The van der Waals surface area contributed by atoms with Gasteiger partial charge in [0.05, 0.1) is 5.54 Å². The fourth-order valence-corrected chi connectivity index (χ4v) is 2.63. The summed E-state index contributed by atoms with van der Waals surface area (Å²) in [6.45, 7) is 4.60. The van der Waals surface area contributed by atoms with Crippen LogP contribution in [0.2, 0.25) is 0 Å². The van der Waals surface area contributed by atoms with Crippen LogP contribution in [0.25, 0.3) is 0 Å². The molecule has 2 fully saturated rings. The Labute approximate surface area is 109 Å². The summed E-state index contributed by atoms with van der Waals surface area (Å²) in [5.41, 5.74) is -0.293. The minimum atomic E-state index is -0.293. The highest BCUT2D eigenvalue weighted by Crippen LogP contribution is 2.23. The molecular formula is C12H23ClN2O2. The van der Waals surface area contributed by atoms with Gasteiger partial charge in [-0.25, -0.2) is 0 Å². The van der Waals surface area contributed by atoms with Crippen molar-refractivity contribution in [3.05, 3.63) is 0 Å². The molecule has 5 heteroatoms. The molecular weight excluding hydrogens is 240 g/mol. The highest BCUT2D eigenvalue weighted by atomic mass is 35.5. The lowest BCUT2D eigenvalue weighted by Gasteiger charge is -2.31. The molecule has 0 aromatic heterocycles. The zero-order valence-corrected chi connectivity index (χ0v) is 11.3. The Morgan fingerprint density at radius 1 is 1.47 bits per heavy atom. The van der Waals surface area contributed by atoms with Crippen molar-refractivity contribution < 1.29 is 9.53 Å². The van der Waals surface area contributed by atoms with Crippen LogP contribution in [0.5, 0.6) is 0 Å². The van der Waals surface area contributed by atoms with E-state index in [2.05, 4.69) is 17.6 Å². The topological polar surface area (TPSA) is 50.4 Å². The second-order valence-corrected chi connectivity index (χ2v) is 4.83. The number of carbonyl (C=O) groups excluding carboxylic acids is 1. The van der Waals surface area contributed by atoms with Gasteiger partial charge >= 0.3 is 0 Å². The number of carbonyl (C=O) groups is 1. The van der Waals surface area contributed by atoms with E-state index in [1.165, 1.54) is 0 Å². The fourth-order valence-electron chi connectivity index (χ4n) is 2.63. The molecule has 0 aliphatic carbocycles. The van der Waals surface area contributed by atoms with Crippen LogP contribution in [0.1, 0.15) is 39.0 Å². The molecule has 1 atom stereocenters. The molecule has 2 rings (SSSR count). The predicted molar refractivity (Wildman–Crippen MR) is 69.5 cm³/mol. The monoisotopic (exact) mass is 262 g/mol. The van der Waals surface area contributed by atoms with Gasteiger partial charge < -0.3 is 15.4 Å². The first-order valence-corrected chi connectivity index (χ1v) is 6.40. The van der Waals surface area contributed by atoms with Crippen molar-refractivity contribution in [2.24, 2.45) is 0 Å². The number of amides is 1. The van der Waals surface area contributed by atoms with E-state index in [0.717, 1.165) is 51.9 Å². The minimum Gasteiger partial charge on any atom is -0.381 e. The van der Waals surface area contributed by atoms with E-state index in [9.17, 15) is 4.79 Å². The maximum Gasteiger partial charge on any atom is 0.240 e. The molecule has 0 spiro atoms. The number of hydrogen-bond acceptors (Lipinski definition) is 3. The van der Waals surface area contributed by atoms with Crippen LogP contribution in [0.15, 0.2) is 0 Å². The summed E-state index contributed by atoms with van der Waals surface area (Å²) in [6.07, 6.45) is 4.85. The van der Waals surface area contributed by atoms with Crippen LogP contribution in [0.4, 0.5) is 0 Å². The zero-order valence-electron chi connectivity index (χ0n) is 10.5. The standard InChI is InChI=1S/C12H22N2O2.ClH/c1-2-12(6-3-7-13-12)11(15)14-10-4-8-16-9-5-10;/h10,13H,2-9H2,1H3,(H,14,15);1H. The number of halogens is 1. The maximum atomic E-state index is 12.3. The molecule has 2 aliphatic heterocycles. The molecule has 0 bridgehead atoms. The average molecular weight is 263 g/mol. The van der Waals surface area contributed by atoms with Crippen molar-refractivity contribution in [3.8, 4) is 0 Å². The van der Waals surface area contributed by atoms with Gasteiger partial charge in [-0.1, -0.05) is 6.92 Å². The highest BCUT2D eigenvalue weighted by Gasteiger charge is 2.39. The van der Waals surface area contributed by atoms with Crippen LogP contribution < -0.4 is 10.6 Å². The molecule has 2 N–H and O–H groups in total. The molecule has 2 aliphatic rings. The average Bonchev–Trinajstić information content (AvgIpc) is 2.80. The Morgan fingerprint density at radius 2 is 2.18 bits per heavy atom. The molecule has 0 radical (unpaired) electrons. The Hall–Kier alpha value is -0.320. The Bertz CT molecular complexity index is 249. The van der Waals surface area contributed by atoms with E-state index in [4.69, 9.17) is 4.74 Å². The number of nitrogens with one attached hydrogen (secondary N) is 2. The predicted octanol–water partition coefficient (Wildman–Crippen LogP) is 1.24. The van der Waals surface area contributed by atoms with Gasteiger partial charge in [-0.2, -0.15) is 0 Å². The third-order valence-corrected chi connectivity index (χ3v) is 3.84. The summed E-state index contributed by atoms with van der Waals surface area (Å²) < 4.78 is 5.29. The lowest BCUT2D eigenvalue weighted by Crippen LogP contribution is -2.56. The van der Waals surface area contributed by atoms with Crippen molar-refractivity contribution in [1.82, 2.24) is 10.6 Å². The third-order valence-electron chi connectivity index (χ3n) is 3.84. The number of hydrogen-bond donors (Lipinski definition) is 2. The Kier molecular flexibility index (Phi) is 5.70. The number of ether oxygens (including phenoxy) is 1. The maximum absolute atomic E-state index is 12.3. The van der Waals surface area contributed by atoms with Crippen LogP contribution in [0.3, 0.4) is 0 Å². The molecule has 2 heterocycles. The summed E-state index contributed by atoms with van der Waals surface area (Å²) in [6, 6.07) is 0.312. The fraction of sp³-hybridized carbons (Fsp3) is 0.917. The second kappa shape index (κ2) is 6.57. The minimum absolute atomic E-state index is 0. The zero-order chi connectivity index (χ0) is 11.4. The molecule has 2 saturated heterocycles. The lowest BCUT2D eigenvalue weighted by molar-refractivity contribution is -0.128. The summed E-state index contributed by atoms with van der Waals surface area (Å²) >= 11 is 0. The van der Waals surface area contributed by atoms with Crippen LogP contribution in [-0.4, -0.2) is 37.2 Å². The van der Waals surface area contributed by atoms with E-state index >= 15 is 0 Å². The summed E-state index contributed by atoms with van der Waals surface area (Å²) in [7, 11) is 0. The van der Waals surface area contributed by atoms with Gasteiger partial charge in [-0.3, -0.25) is 4.79 Å². The first-order chi connectivity index (χ1) is 7.77. The van der Waals surface area contributed by atoms with Gasteiger partial charge in [0.25, 0.3) is 0 Å². The molecule has 100 valence electrons. The molecule has 0 aromatic carbocycles. The van der Waals surface area contributed by atoms with E-state index in [1.807, 2.05) is 0 Å². The van der Waals surface area contributed by atoms with Crippen molar-refractivity contribution in [1.29, 1.82) is 0 Å². The Balaban J connectivity index is 0.00000144.